The third-order valence-corrected chi connectivity index (χ3v) is 6.63. The van der Waals surface area contributed by atoms with Crippen LogP contribution in [-0.2, 0) is 16.4 Å². The summed E-state index contributed by atoms with van der Waals surface area (Å²) in [4.78, 5) is 13.1. The van der Waals surface area contributed by atoms with Gasteiger partial charge < -0.3 is 10.1 Å². The normalized spacial score (nSPS) is 11.8. The van der Waals surface area contributed by atoms with E-state index in [1.54, 1.807) is 18.2 Å². The van der Waals surface area contributed by atoms with Crippen LogP contribution in [0.5, 0.6) is 5.75 Å². The van der Waals surface area contributed by atoms with E-state index < -0.39 is 10.0 Å². The minimum absolute atomic E-state index is 0.0762. The molecule has 0 unspecified atom stereocenters. The molecule has 0 heterocycles. The second kappa shape index (κ2) is 11.8. The number of thiocarbonyl (C=S) groups is 1. The van der Waals surface area contributed by atoms with E-state index in [-0.39, 0.29) is 22.6 Å². The molecule has 0 aromatic heterocycles. The van der Waals surface area contributed by atoms with Gasteiger partial charge in [-0.15, -0.1) is 4.40 Å². The van der Waals surface area contributed by atoms with Gasteiger partial charge in [0.25, 0.3) is 15.9 Å². The average Bonchev–Trinajstić information content (AvgIpc) is 2.77. The molecule has 0 bridgehead atoms. The van der Waals surface area contributed by atoms with E-state index in [0.29, 0.717) is 29.3 Å². The number of amidine groups is 1. The van der Waals surface area contributed by atoms with Crippen molar-refractivity contribution in [2.45, 2.75) is 39.0 Å². The topological polar surface area (TPSA) is 109 Å². The Morgan fingerprint density at radius 1 is 1.12 bits per heavy atom. The highest BCUT2D eigenvalue weighted by Crippen LogP contribution is 2.20. The van der Waals surface area contributed by atoms with E-state index in [1.165, 1.54) is 26.2 Å². The van der Waals surface area contributed by atoms with Crippen molar-refractivity contribution in [1.29, 1.82) is 0 Å². The number of amides is 1. The van der Waals surface area contributed by atoms with E-state index >= 15 is 0 Å². The summed E-state index contributed by atoms with van der Waals surface area (Å²) in [5, 5.41) is 2.86. The number of nitrogens with one attached hydrogen (secondary N) is 3. The molecule has 1 amide bonds. The number of sulfonamides is 1. The summed E-state index contributed by atoms with van der Waals surface area (Å²) < 4.78 is 34.1. The molecule has 0 saturated heterocycles. The molecule has 2 aromatic carbocycles. The number of aryl methyl sites for hydroxylation is 1. The van der Waals surface area contributed by atoms with Crippen LogP contribution in [-0.4, -0.2) is 38.8 Å². The number of ether oxygens (including phenoxy) is 1. The summed E-state index contributed by atoms with van der Waals surface area (Å²) in [5.41, 5.74) is 7.81. The van der Waals surface area contributed by atoms with Gasteiger partial charge in [0.2, 0.25) is 0 Å². The summed E-state index contributed by atoms with van der Waals surface area (Å²) in [6.45, 7) is 7.70. The molecule has 0 fully saturated rings. The van der Waals surface area contributed by atoms with Gasteiger partial charge in [-0.1, -0.05) is 44.3 Å². The van der Waals surface area contributed by atoms with Gasteiger partial charge in [0.05, 0.1) is 22.6 Å². The highest BCUT2D eigenvalue weighted by Gasteiger charge is 2.14. The van der Waals surface area contributed by atoms with Crippen LogP contribution in [0, 0.1) is 12.8 Å². The fourth-order valence-corrected chi connectivity index (χ4v) is 3.82. The quantitative estimate of drug-likeness (QED) is 0.226. The largest absolute Gasteiger partial charge is 0.496 e. The third-order valence-electron chi connectivity index (χ3n) is 4.67. The van der Waals surface area contributed by atoms with Gasteiger partial charge in [-0.2, -0.15) is 8.42 Å². The van der Waals surface area contributed by atoms with E-state index in [2.05, 4.69) is 20.6 Å². The van der Waals surface area contributed by atoms with Crippen molar-refractivity contribution in [2.75, 3.05) is 13.7 Å². The van der Waals surface area contributed by atoms with E-state index in [9.17, 15) is 13.2 Å². The first-order valence-corrected chi connectivity index (χ1v) is 12.3. The Morgan fingerprint density at radius 2 is 1.79 bits per heavy atom. The first-order chi connectivity index (χ1) is 15.5. The Morgan fingerprint density at radius 3 is 2.39 bits per heavy atom. The molecule has 0 aliphatic heterocycles. The van der Waals surface area contributed by atoms with Gasteiger partial charge in [0.1, 0.15) is 11.6 Å². The maximum atomic E-state index is 12.5. The van der Waals surface area contributed by atoms with Crippen molar-refractivity contribution in [1.82, 2.24) is 16.2 Å². The number of benzene rings is 2. The molecule has 3 N–H and O–H groups in total. The van der Waals surface area contributed by atoms with E-state index in [0.717, 1.165) is 11.1 Å². The van der Waals surface area contributed by atoms with E-state index in [1.807, 2.05) is 32.9 Å². The molecule has 0 aliphatic rings. The summed E-state index contributed by atoms with van der Waals surface area (Å²) in [6.07, 6.45) is 0.542. The Balaban J connectivity index is 1.95. The predicted octanol–water partition coefficient (Wildman–Crippen LogP) is 3.16. The first kappa shape index (κ1) is 26.3. The standard InChI is InChI=1S/C23H30N4O4S2/c1-15(2)23(32)26-25-17(4)27-33(29,30)19-9-7-18(8-10-19)12-13-24-22(28)20-11-6-16(3)14-21(20)31-5/h6-11,14-15H,12-13H2,1-5H3,(H,24,28)(H,25,27)(H,26,32). The van der Waals surface area contributed by atoms with Crippen molar-refractivity contribution in [3.63, 3.8) is 0 Å². The number of methoxy groups -OCH3 is 1. The van der Waals surface area contributed by atoms with Gasteiger partial charge in [-0.05, 0) is 55.7 Å². The van der Waals surface area contributed by atoms with Crippen molar-refractivity contribution in [3.05, 3.63) is 59.2 Å². The Bertz CT molecular complexity index is 1130. The molecule has 178 valence electrons. The lowest BCUT2D eigenvalue weighted by Gasteiger charge is -2.12. The lowest BCUT2D eigenvalue weighted by molar-refractivity contribution is 0.0951. The van der Waals surface area contributed by atoms with Crippen molar-refractivity contribution < 1.29 is 17.9 Å². The highest BCUT2D eigenvalue weighted by atomic mass is 32.2. The molecule has 0 radical (unpaired) electrons. The molecule has 0 spiro atoms. The summed E-state index contributed by atoms with van der Waals surface area (Å²) in [6, 6.07) is 11.8. The van der Waals surface area contributed by atoms with Crippen LogP contribution in [0.3, 0.4) is 0 Å². The number of rotatable bonds is 8. The van der Waals surface area contributed by atoms with Crippen LogP contribution in [0.25, 0.3) is 0 Å². The molecule has 0 atom stereocenters. The summed E-state index contributed by atoms with van der Waals surface area (Å²) in [7, 11) is -2.34. The number of hydrogen-bond acceptors (Lipinski definition) is 5. The fraction of sp³-hybridized carbons (Fsp3) is 0.348. The summed E-state index contributed by atoms with van der Waals surface area (Å²) in [5.74, 6) is 0.590. The third kappa shape index (κ3) is 7.83. The molecule has 0 aliphatic carbocycles. The van der Waals surface area contributed by atoms with Crippen LogP contribution >= 0.6 is 12.2 Å². The Kier molecular flexibility index (Phi) is 9.36. The molecule has 0 saturated carbocycles. The van der Waals surface area contributed by atoms with Crippen LogP contribution in [0.4, 0.5) is 0 Å². The highest BCUT2D eigenvalue weighted by molar-refractivity contribution is 7.90. The lowest BCUT2D eigenvalue weighted by Crippen LogP contribution is -2.41. The van der Waals surface area contributed by atoms with Crippen molar-refractivity contribution >= 4 is 39.0 Å². The zero-order valence-electron chi connectivity index (χ0n) is 19.4. The maximum Gasteiger partial charge on any atom is 0.283 e. The van der Waals surface area contributed by atoms with Gasteiger partial charge in [-0.25, -0.2) is 0 Å². The van der Waals surface area contributed by atoms with E-state index in [4.69, 9.17) is 17.0 Å². The fourth-order valence-electron chi connectivity index (χ4n) is 2.78. The van der Waals surface area contributed by atoms with Crippen LogP contribution in [0.2, 0.25) is 0 Å². The monoisotopic (exact) mass is 490 g/mol. The van der Waals surface area contributed by atoms with Crippen LogP contribution < -0.4 is 20.9 Å². The average molecular weight is 491 g/mol. The molecule has 2 aromatic rings. The molecular weight excluding hydrogens is 460 g/mol. The van der Waals surface area contributed by atoms with Gasteiger partial charge >= 0.3 is 0 Å². The zero-order chi connectivity index (χ0) is 24.6. The zero-order valence-corrected chi connectivity index (χ0v) is 21.1. The number of nitrogens with zero attached hydrogens (tertiary/aromatic N) is 1. The van der Waals surface area contributed by atoms with Crippen molar-refractivity contribution in [3.8, 4) is 5.75 Å². The SMILES string of the molecule is COc1cc(C)ccc1C(=O)NCCc1ccc(S(=O)(=O)N=C(C)NNC(=S)C(C)C)cc1. The van der Waals surface area contributed by atoms with Crippen LogP contribution in [0.15, 0.2) is 51.8 Å². The molecular formula is C23H30N4O4S2. The number of carbonyl (C=O) groups excluding carboxylic acids is 1. The Hall–Kier alpha value is -2.98. The smallest absolute Gasteiger partial charge is 0.283 e. The Labute approximate surface area is 200 Å². The van der Waals surface area contributed by atoms with Gasteiger partial charge in [-0.3, -0.25) is 15.6 Å². The van der Waals surface area contributed by atoms with Gasteiger partial charge in [0, 0.05) is 12.5 Å². The molecule has 2 rings (SSSR count). The number of hydrogen-bond donors (Lipinski definition) is 3. The summed E-state index contributed by atoms with van der Waals surface area (Å²) >= 11 is 5.13. The van der Waals surface area contributed by atoms with Crippen LogP contribution in [0.1, 0.15) is 42.3 Å². The lowest BCUT2D eigenvalue weighted by atomic mass is 10.1. The molecule has 8 nitrogen and oxygen atoms in total. The second-order valence-electron chi connectivity index (χ2n) is 7.77. The first-order valence-electron chi connectivity index (χ1n) is 10.4. The maximum absolute atomic E-state index is 12.5. The predicted molar refractivity (Wildman–Crippen MR) is 134 cm³/mol. The number of hydrazine groups is 1. The molecule has 10 heteroatoms. The van der Waals surface area contributed by atoms with Crippen molar-refractivity contribution in [2.24, 2.45) is 10.3 Å². The van der Waals surface area contributed by atoms with Gasteiger partial charge in [0.15, 0.2) is 0 Å². The minimum atomic E-state index is -3.87. The molecule has 33 heavy (non-hydrogen) atoms. The second-order valence-corrected chi connectivity index (χ2v) is 9.82. The minimum Gasteiger partial charge on any atom is -0.496 e. The number of carbonyl (C=O) groups is 1.